The lowest BCUT2D eigenvalue weighted by Gasteiger charge is -2.30. The van der Waals surface area contributed by atoms with Gasteiger partial charge in [-0.25, -0.2) is 4.99 Å². The van der Waals surface area contributed by atoms with Crippen molar-refractivity contribution in [2.45, 2.75) is 26.8 Å². The van der Waals surface area contributed by atoms with Gasteiger partial charge in [0.05, 0.1) is 6.54 Å². The van der Waals surface area contributed by atoms with Crippen LogP contribution in [-0.2, 0) is 11.3 Å². The maximum atomic E-state index is 11.5. The molecule has 1 amide bonds. The fraction of sp³-hybridized carbons (Fsp3) is 0.263. The number of hydrogen-bond donors (Lipinski definition) is 2. The molecule has 1 heterocycles. The van der Waals surface area contributed by atoms with Gasteiger partial charge in [0.15, 0.2) is 5.96 Å². The first-order valence-electron chi connectivity index (χ1n) is 8.06. The minimum Gasteiger partial charge on any atom is -0.370 e. The van der Waals surface area contributed by atoms with E-state index < -0.39 is 0 Å². The number of benzene rings is 2. The van der Waals surface area contributed by atoms with Crippen molar-refractivity contribution in [3.8, 4) is 0 Å². The average Bonchev–Trinajstić information content (AvgIpc) is 2.51. The van der Waals surface area contributed by atoms with Crippen LogP contribution in [0.3, 0.4) is 0 Å². The second-order valence-corrected chi connectivity index (χ2v) is 6.17. The molecule has 25 heavy (non-hydrogen) atoms. The summed E-state index contributed by atoms with van der Waals surface area (Å²) in [5.41, 5.74) is 11.2. The summed E-state index contributed by atoms with van der Waals surface area (Å²) in [5.74, 6) is 0.553. The fourth-order valence-electron chi connectivity index (χ4n) is 2.82. The fourth-order valence-corrected chi connectivity index (χ4v) is 2.82. The molecule has 1 saturated heterocycles. The van der Waals surface area contributed by atoms with E-state index in [1.54, 1.807) is 4.90 Å². The molecule has 2 aromatic carbocycles. The summed E-state index contributed by atoms with van der Waals surface area (Å²) in [7, 11) is 0. The van der Waals surface area contributed by atoms with Crippen LogP contribution in [0.2, 0.25) is 0 Å². The van der Waals surface area contributed by atoms with Crippen molar-refractivity contribution in [2.24, 2.45) is 10.7 Å². The van der Waals surface area contributed by atoms with Crippen molar-refractivity contribution in [1.29, 1.82) is 0 Å². The Bertz CT molecular complexity index is 784. The van der Waals surface area contributed by atoms with Crippen LogP contribution in [0.25, 0.3) is 0 Å². The number of aliphatic imine (C=N–C) groups is 1. The van der Waals surface area contributed by atoms with Crippen LogP contribution < -0.4 is 16.0 Å². The zero-order valence-corrected chi connectivity index (χ0v) is 16.8. The summed E-state index contributed by atoms with van der Waals surface area (Å²) in [6, 6.07) is 14.0. The molecule has 1 aliphatic heterocycles. The molecule has 1 fully saturated rings. The number of nitrogens with one attached hydrogen (secondary N) is 1. The Hall–Kier alpha value is -2.09. The number of aryl methyl sites for hydroxylation is 2. The van der Waals surface area contributed by atoms with E-state index in [1.807, 2.05) is 50.2 Å². The molecule has 6 heteroatoms. The molecule has 3 N–H and O–H groups in total. The predicted octanol–water partition coefficient (Wildman–Crippen LogP) is 3.58. The first kappa shape index (κ1) is 19.2. The lowest BCUT2D eigenvalue weighted by atomic mass is 10.1. The van der Waals surface area contributed by atoms with Crippen LogP contribution >= 0.6 is 24.0 Å². The number of nitrogens with zero attached hydrogens (tertiary/aromatic N) is 2. The molecule has 1 aliphatic rings. The number of nitrogens with two attached hydrogens (primary N) is 1. The summed E-state index contributed by atoms with van der Waals surface area (Å²) in [5, 5.41) is 3.12. The first-order valence-corrected chi connectivity index (χ1v) is 8.06. The van der Waals surface area contributed by atoms with Gasteiger partial charge in [-0.05, 0) is 54.8 Å². The van der Waals surface area contributed by atoms with Crippen LogP contribution in [0.4, 0.5) is 11.4 Å². The van der Waals surface area contributed by atoms with E-state index in [1.165, 1.54) is 11.1 Å². The van der Waals surface area contributed by atoms with Gasteiger partial charge in [0, 0.05) is 24.3 Å². The number of carbonyl (C=O) groups is 1. The topological polar surface area (TPSA) is 70.7 Å². The summed E-state index contributed by atoms with van der Waals surface area (Å²) < 4.78 is 0. The van der Waals surface area contributed by atoms with E-state index in [4.69, 9.17) is 5.73 Å². The van der Waals surface area contributed by atoms with Crippen LogP contribution in [0.5, 0.6) is 0 Å². The van der Waals surface area contributed by atoms with Crippen LogP contribution in [0.1, 0.15) is 23.1 Å². The molecule has 0 saturated carbocycles. The third-order valence-electron chi connectivity index (χ3n) is 4.00. The molecule has 0 aromatic heterocycles. The van der Waals surface area contributed by atoms with Gasteiger partial charge < -0.3 is 16.0 Å². The second kappa shape index (κ2) is 8.33. The number of β-lactam (4-membered cyclic amide) rings is 1. The highest BCUT2D eigenvalue weighted by Crippen LogP contribution is 2.23. The third-order valence-corrected chi connectivity index (χ3v) is 4.00. The molecule has 0 bridgehead atoms. The summed E-state index contributed by atoms with van der Waals surface area (Å²) in [6.07, 6.45) is 0.634. The van der Waals surface area contributed by atoms with Crippen LogP contribution in [0.15, 0.2) is 47.5 Å². The van der Waals surface area contributed by atoms with Crippen LogP contribution in [0, 0.1) is 13.8 Å². The molecule has 0 aliphatic carbocycles. The number of guanidine groups is 1. The molecule has 3 rings (SSSR count). The second-order valence-electron chi connectivity index (χ2n) is 6.17. The summed E-state index contributed by atoms with van der Waals surface area (Å²) in [4.78, 5) is 17.7. The first-order chi connectivity index (χ1) is 11.5. The smallest absolute Gasteiger partial charge is 0.228 e. The van der Waals surface area contributed by atoms with E-state index in [-0.39, 0.29) is 29.9 Å². The van der Waals surface area contributed by atoms with E-state index in [0.29, 0.717) is 18.9 Å². The van der Waals surface area contributed by atoms with Gasteiger partial charge in [0.1, 0.15) is 0 Å². The van der Waals surface area contributed by atoms with Gasteiger partial charge in [-0.2, -0.15) is 0 Å². The minimum atomic E-state index is 0. The van der Waals surface area contributed by atoms with Gasteiger partial charge in [-0.15, -0.1) is 24.0 Å². The molecule has 0 atom stereocenters. The molecular weight excluding hydrogens is 427 g/mol. The largest absolute Gasteiger partial charge is 0.370 e. The lowest BCUT2D eigenvalue weighted by Crippen LogP contribution is -2.43. The van der Waals surface area contributed by atoms with Gasteiger partial charge >= 0.3 is 0 Å². The lowest BCUT2D eigenvalue weighted by molar-refractivity contribution is -0.122. The summed E-state index contributed by atoms with van der Waals surface area (Å²) in [6.45, 7) is 5.36. The van der Waals surface area contributed by atoms with E-state index in [9.17, 15) is 4.79 Å². The average molecular weight is 450 g/mol. The molecule has 132 valence electrons. The Balaban J connectivity index is 0.00000225. The Kier molecular flexibility index (Phi) is 6.41. The number of anilines is 2. The summed E-state index contributed by atoms with van der Waals surface area (Å²) >= 11 is 0. The molecular formula is C19H23IN4O. The number of amides is 1. The highest BCUT2D eigenvalue weighted by Gasteiger charge is 2.24. The Labute approximate surface area is 165 Å². The normalized spacial score (nSPS) is 13.9. The zero-order valence-electron chi connectivity index (χ0n) is 14.5. The number of carbonyl (C=O) groups excluding carboxylic acids is 1. The van der Waals surface area contributed by atoms with Gasteiger partial charge in [-0.3, -0.25) is 4.79 Å². The molecule has 5 nitrogen and oxygen atoms in total. The van der Waals surface area contributed by atoms with E-state index >= 15 is 0 Å². The third kappa shape index (κ3) is 4.94. The van der Waals surface area contributed by atoms with Crippen molar-refractivity contribution < 1.29 is 4.79 Å². The van der Waals surface area contributed by atoms with E-state index in [2.05, 4.69) is 16.4 Å². The standard InChI is InChI=1S/C19H22N4O.HI/c1-13-8-14(2)10-16(9-13)22-19(20)21-12-15-4-3-5-17(11-15)23-7-6-18(23)24;/h3-5,8-11H,6-7,12H2,1-2H3,(H3,20,21,22);1H. The van der Waals surface area contributed by atoms with Gasteiger partial charge in [0.2, 0.25) is 5.91 Å². The molecule has 0 spiro atoms. The Morgan fingerprint density at radius 3 is 2.52 bits per heavy atom. The number of halogens is 1. The monoisotopic (exact) mass is 450 g/mol. The Morgan fingerprint density at radius 2 is 1.92 bits per heavy atom. The van der Waals surface area contributed by atoms with Crippen LogP contribution in [-0.4, -0.2) is 18.4 Å². The zero-order chi connectivity index (χ0) is 17.1. The highest BCUT2D eigenvalue weighted by molar-refractivity contribution is 14.0. The molecule has 2 aromatic rings. The van der Waals surface area contributed by atoms with Crippen molar-refractivity contribution >= 4 is 47.2 Å². The number of hydrogen-bond acceptors (Lipinski definition) is 2. The van der Waals surface area contributed by atoms with Crippen molar-refractivity contribution in [2.75, 3.05) is 16.8 Å². The minimum absolute atomic E-state index is 0. The maximum Gasteiger partial charge on any atom is 0.228 e. The molecule has 0 radical (unpaired) electrons. The highest BCUT2D eigenvalue weighted by atomic mass is 127. The van der Waals surface area contributed by atoms with E-state index in [0.717, 1.165) is 23.5 Å². The molecule has 0 unspecified atom stereocenters. The van der Waals surface area contributed by atoms with Gasteiger partial charge in [-0.1, -0.05) is 18.2 Å². The van der Waals surface area contributed by atoms with Gasteiger partial charge in [0.25, 0.3) is 0 Å². The Morgan fingerprint density at radius 1 is 1.20 bits per heavy atom. The number of rotatable bonds is 4. The van der Waals surface area contributed by atoms with Crippen molar-refractivity contribution in [3.05, 3.63) is 59.2 Å². The predicted molar refractivity (Wildman–Crippen MR) is 114 cm³/mol. The van der Waals surface area contributed by atoms with Crippen molar-refractivity contribution in [3.63, 3.8) is 0 Å². The quantitative estimate of drug-likeness (QED) is 0.324. The van der Waals surface area contributed by atoms with Crippen molar-refractivity contribution in [1.82, 2.24) is 0 Å². The maximum absolute atomic E-state index is 11.5. The SMILES string of the molecule is Cc1cc(C)cc(NC(N)=NCc2cccc(N3CCC3=O)c2)c1.I.